The van der Waals surface area contributed by atoms with Crippen molar-refractivity contribution < 1.29 is 9.59 Å². The number of nitrogens with zero attached hydrogens (tertiary/aromatic N) is 3. The van der Waals surface area contributed by atoms with Crippen molar-refractivity contribution in [2.45, 2.75) is 32.6 Å². The van der Waals surface area contributed by atoms with Crippen LogP contribution in [-0.4, -0.2) is 24.1 Å². The van der Waals surface area contributed by atoms with Gasteiger partial charge in [-0.15, -0.1) is 0 Å². The number of carbonyl (C=O) groups excluding carboxylic acids is 2. The van der Waals surface area contributed by atoms with Gasteiger partial charge in [-0.3, -0.25) is 9.59 Å². The number of anilines is 2. The van der Waals surface area contributed by atoms with Crippen molar-refractivity contribution in [2.75, 3.05) is 16.5 Å². The minimum absolute atomic E-state index is 0.0792. The Morgan fingerprint density at radius 1 is 1.00 bits per heavy atom. The molecule has 5 nitrogen and oxygen atoms in total. The number of hydrogen-bond donors (Lipinski definition) is 0. The number of rotatable bonds is 2. The fourth-order valence-electron chi connectivity index (χ4n) is 3.50. The van der Waals surface area contributed by atoms with Crippen LogP contribution >= 0.6 is 0 Å². The lowest BCUT2D eigenvalue weighted by Gasteiger charge is -2.31. The normalized spacial score (nSPS) is 17.0. The predicted octanol–water partition coefficient (Wildman–Crippen LogP) is 3.46. The van der Waals surface area contributed by atoms with E-state index in [-0.39, 0.29) is 11.8 Å². The lowest BCUT2D eigenvalue weighted by atomic mass is 10.0. The second-order valence-corrected chi connectivity index (χ2v) is 6.78. The van der Waals surface area contributed by atoms with Crippen LogP contribution in [0.1, 0.15) is 30.4 Å². The van der Waals surface area contributed by atoms with Crippen LogP contribution in [-0.2, 0) is 16.0 Å². The van der Waals surface area contributed by atoms with Crippen molar-refractivity contribution in [1.82, 2.24) is 0 Å². The molecule has 0 unspecified atom stereocenters. The molecule has 2 heterocycles. The second-order valence-electron chi connectivity index (χ2n) is 6.78. The Hall–Kier alpha value is -2.95. The standard InChI is InChI=1S/C21H21N3O2/c1-15-8-10-17(11-9-15)24-20(25)13-12-18(22-24)21(26)23-14-4-6-16-5-2-3-7-19(16)23/h2-3,5,7-11H,4,6,12-14H2,1H3. The van der Waals surface area contributed by atoms with Crippen LogP contribution in [0.2, 0.25) is 0 Å². The summed E-state index contributed by atoms with van der Waals surface area (Å²) in [5.74, 6) is -0.175. The molecule has 0 aromatic heterocycles. The summed E-state index contributed by atoms with van der Waals surface area (Å²) < 4.78 is 0. The topological polar surface area (TPSA) is 53.0 Å². The minimum Gasteiger partial charge on any atom is -0.307 e. The van der Waals surface area contributed by atoms with Gasteiger partial charge in [-0.2, -0.15) is 5.10 Å². The highest BCUT2D eigenvalue weighted by Gasteiger charge is 2.30. The van der Waals surface area contributed by atoms with Gasteiger partial charge in [0, 0.05) is 25.1 Å². The first-order valence-corrected chi connectivity index (χ1v) is 9.00. The summed E-state index contributed by atoms with van der Waals surface area (Å²) in [6.45, 7) is 2.68. The number of hydrogen-bond acceptors (Lipinski definition) is 3. The molecule has 2 aliphatic heterocycles. The van der Waals surface area contributed by atoms with E-state index in [0.29, 0.717) is 30.8 Å². The molecule has 4 rings (SSSR count). The van der Waals surface area contributed by atoms with Gasteiger partial charge in [0.15, 0.2) is 0 Å². The minimum atomic E-state index is -0.0956. The van der Waals surface area contributed by atoms with Crippen molar-refractivity contribution in [2.24, 2.45) is 5.10 Å². The van der Waals surface area contributed by atoms with Crippen LogP contribution in [0.25, 0.3) is 0 Å². The molecular formula is C21H21N3O2. The van der Waals surface area contributed by atoms with Crippen molar-refractivity contribution in [3.8, 4) is 0 Å². The predicted molar refractivity (Wildman–Crippen MR) is 102 cm³/mol. The Bertz CT molecular complexity index is 886. The largest absolute Gasteiger partial charge is 0.307 e. The Balaban J connectivity index is 1.65. The van der Waals surface area contributed by atoms with E-state index in [1.165, 1.54) is 10.6 Å². The molecule has 2 aromatic carbocycles. The molecule has 0 fully saturated rings. The van der Waals surface area contributed by atoms with Gasteiger partial charge in [0.1, 0.15) is 5.71 Å². The Kier molecular flexibility index (Phi) is 4.29. The van der Waals surface area contributed by atoms with Crippen LogP contribution in [0, 0.1) is 6.92 Å². The average Bonchev–Trinajstić information content (AvgIpc) is 2.68. The molecule has 26 heavy (non-hydrogen) atoms. The zero-order valence-corrected chi connectivity index (χ0v) is 14.8. The number of amides is 2. The fraction of sp³-hybridized carbons (Fsp3) is 0.286. The molecule has 0 atom stereocenters. The molecule has 5 heteroatoms. The molecular weight excluding hydrogens is 326 g/mol. The summed E-state index contributed by atoms with van der Waals surface area (Å²) >= 11 is 0. The highest BCUT2D eigenvalue weighted by Crippen LogP contribution is 2.28. The highest BCUT2D eigenvalue weighted by molar-refractivity contribution is 6.44. The third kappa shape index (κ3) is 3.01. The van der Waals surface area contributed by atoms with E-state index in [1.54, 1.807) is 4.90 Å². The van der Waals surface area contributed by atoms with Gasteiger partial charge >= 0.3 is 0 Å². The maximum atomic E-state index is 13.1. The van der Waals surface area contributed by atoms with Gasteiger partial charge in [-0.1, -0.05) is 35.9 Å². The fourth-order valence-corrected chi connectivity index (χ4v) is 3.50. The summed E-state index contributed by atoms with van der Waals surface area (Å²) in [6.07, 6.45) is 2.61. The molecule has 2 aliphatic rings. The molecule has 0 spiro atoms. The molecule has 2 amide bonds. The number of para-hydroxylation sites is 1. The second kappa shape index (κ2) is 6.75. The van der Waals surface area contributed by atoms with E-state index in [1.807, 2.05) is 49.4 Å². The van der Waals surface area contributed by atoms with Gasteiger partial charge in [0.2, 0.25) is 5.91 Å². The number of carbonyl (C=O) groups is 2. The lowest BCUT2D eigenvalue weighted by Crippen LogP contribution is -2.43. The summed E-state index contributed by atoms with van der Waals surface area (Å²) in [4.78, 5) is 27.2. The molecule has 0 aliphatic carbocycles. The van der Waals surface area contributed by atoms with Crippen LogP contribution in [0.3, 0.4) is 0 Å². The molecule has 0 bridgehead atoms. The van der Waals surface area contributed by atoms with Crippen LogP contribution < -0.4 is 9.91 Å². The molecule has 0 N–H and O–H groups in total. The zero-order valence-electron chi connectivity index (χ0n) is 14.8. The quantitative estimate of drug-likeness (QED) is 0.835. The number of benzene rings is 2. The SMILES string of the molecule is Cc1ccc(N2N=C(C(=O)N3CCCc4ccccc43)CCC2=O)cc1. The van der Waals surface area contributed by atoms with Crippen molar-refractivity contribution in [3.63, 3.8) is 0 Å². The van der Waals surface area contributed by atoms with Crippen molar-refractivity contribution in [1.29, 1.82) is 0 Å². The van der Waals surface area contributed by atoms with Gasteiger partial charge < -0.3 is 4.90 Å². The van der Waals surface area contributed by atoms with Gasteiger partial charge in [-0.25, -0.2) is 5.01 Å². The third-order valence-corrected chi connectivity index (χ3v) is 4.91. The van der Waals surface area contributed by atoms with Crippen LogP contribution in [0.5, 0.6) is 0 Å². The maximum Gasteiger partial charge on any atom is 0.274 e. The number of aryl methyl sites for hydroxylation is 2. The Morgan fingerprint density at radius 3 is 2.58 bits per heavy atom. The van der Waals surface area contributed by atoms with Crippen molar-refractivity contribution in [3.05, 3.63) is 59.7 Å². The smallest absolute Gasteiger partial charge is 0.274 e. The lowest BCUT2D eigenvalue weighted by molar-refractivity contribution is -0.118. The molecule has 2 aromatic rings. The molecule has 0 saturated carbocycles. The van der Waals surface area contributed by atoms with E-state index in [9.17, 15) is 9.59 Å². The van der Waals surface area contributed by atoms with Crippen molar-refractivity contribution >= 4 is 28.9 Å². The van der Waals surface area contributed by atoms with E-state index >= 15 is 0 Å². The van der Waals surface area contributed by atoms with Gasteiger partial charge in [-0.05, 0) is 43.5 Å². The summed E-state index contributed by atoms with van der Waals surface area (Å²) in [6, 6.07) is 15.6. The molecule has 0 saturated heterocycles. The Morgan fingerprint density at radius 2 is 1.77 bits per heavy atom. The summed E-state index contributed by atoms with van der Waals surface area (Å²) in [5.41, 5.74) is 4.41. The summed E-state index contributed by atoms with van der Waals surface area (Å²) in [7, 11) is 0. The first-order valence-electron chi connectivity index (χ1n) is 9.00. The molecule has 132 valence electrons. The number of fused-ring (bicyclic) bond motifs is 1. The zero-order chi connectivity index (χ0) is 18.1. The third-order valence-electron chi connectivity index (χ3n) is 4.91. The van der Waals surface area contributed by atoms with E-state index < -0.39 is 0 Å². The van der Waals surface area contributed by atoms with E-state index in [2.05, 4.69) is 11.2 Å². The van der Waals surface area contributed by atoms with Crippen LogP contribution in [0.4, 0.5) is 11.4 Å². The maximum absolute atomic E-state index is 13.1. The van der Waals surface area contributed by atoms with Crippen LogP contribution in [0.15, 0.2) is 53.6 Å². The molecule has 0 radical (unpaired) electrons. The van der Waals surface area contributed by atoms with E-state index in [0.717, 1.165) is 24.1 Å². The monoisotopic (exact) mass is 347 g/mol. The highest BCUT2D eigenvalue weighted by atomic mass is 16.2. The van der Waals surface area contributed by atoms with Gasteiger partial charge in [0.05, 0.1) is 5.69 Å². The Labute approximate surface area is 152 Å². The number of hydrazone groups is 1. The summed E-state index contributed by atoms with van der Waals surface area (Å²) in [5, 5.41) is 5.79. The van der Waals surface area contributed by atoms with E-state index in [4.69, 9.17) is 0 Å². The first-order chi connectivity index (χ1) is 12.6. The first kappa shape index (κ1) is 16.5. The van der Waals surface area contributed by atoms with Gasteiger partial charge in [0.25, 0.3) is 5.91 Å². The average molecular weight is 347 g/mol.